The third kappa shape index (κ3) is 4.78. The number of nitrogens with one attached hydrogen (secondary N) is 1. The van der Waals surface area contributed by atoms with Gasteiger partial charge < -0.3 is 11.1 Å². The molecular formula is C14H20FN3O3. The smallest absolute Gasteiger partial charge is 0.295 e. The molecule has 0 aliphatic carbocycles. The van der Waals surface area contributed by atoms with E-state index in [-0.39, 0.29) is 12.0 Å². The van der Waals surface area contributed by atoms with E-state index in [0.717, 1.165) is 12.1 Å². The fourth-order valence-electron chi connectivity index (χ4n) is 2.04. The van der Waals surface area contributed by atoms with Gasteiger partial charge >= 0.3 is 0 Å². The molecule has 0 saturated heterocycles. The van der Waals surface area contributed by atoms with Crippen LogP contribution >= 0.6 is 0 Å². The van der Waals surface area contributed by atoms with Gasteiger partial charge in [0.15, 0.2) is 11.5 Å². The molecule has 1 atom stereocenters. The summed E-state index contributed by atoms with van der Waals surface area (Å²) in [7, 11) is 0. The van der Waals surface area contributed by atoms with E-state index in [1.165, 1.54) is 6.07 Å². The van der Waals surface area contributed by atoms with Crippen molar-refractivity contribution in [3.8, 4) is 0 Å². The van der Waals surface area contributed by atoms with Gasteiger partial charge in [-0.1, -0.05) is 26.8 Å². The molecule has 1 aromatic carbocycles. The van der Waals surface area contributed by atoms with Crippen LogP contribution in [-0.2, 0) is 4.79 Å². The van der Waals surface area contributed by atoms with Crippen molar-refractivity contribution in [1.29, 1.82) is 0 Å². The van der Waals surface area contributed by atoms with Crippen molar-refractivity contribution < 1.29 is 14.1 Å². The minimum Gasteiger partial charge on any atom is -0.330 e. The SMILES string of the molecule is CC(C)(C)CC(CN)C(=O)Nc1c(F)cccc1[N+](=O)[O-]. The molecule has 1 unspecified atom stereocenters. The first kappa shape index (κ1) is 17.0. The van der Waals surface area contributed by atoms with E-state index in [1.807, 2.05) is 20.8 Å². The number of para-hydroxylation sites is 1. The average molecular weight is 297 g/mol. The van der Waals surface area contributed by atoms with Crippen LogP contribution in [0.3, 0.4) is 0 Å². The van der Waals surface area contributed by atoms with Crippen LogP contribution in [-0.4, -0.2) is 17.4 Å². The average Bonchev–Trinajstić information content (AvgIpc) is 2.36. The van der Waals surface area contributed by atoms with Crippen molar-refractivity contribution in [2.75, 3.05) is 11.9 Å². The van der Waals surface area contributed by atoms with Crippen LogP contribution in [0, 0.1) is 27.3 Å². The summed E-state index contributed by atoms with van der Waals surface area (Å²) in [5.74, 6) is -1.89. The minimum atomic E-state index is -0.843. The van der Waals surface area contributed by atoms with Gasteiger partial charge in [0.05, 0.1) is 10.8 Å². The summed E-state index contributed by atoms with van der Waals surface area (Å²) in [5, 5.41) is 13.2. The second kappa shape index (κ2) is 6.62. The first-order valence-electron chi connectivity index (χ1n) is 6.59. The van der Waals surface area contributed by atoms with Gasteiger partial charge in [-0.05, 0) is 17.9 Å². The Bertz CT molecular complexity index is 541. The largest absolute Gasteiger partial charge is 0.330 e. The van der Waals surface area contributed by atoms with Gasteiger partial charge in [-0.25, -0.2) is 4.39 Å². The van der Waals surface area contributed by atoms with E-state index in [9.17, 15) is 19.3 Å². The van der Waals surface area contributed by atoms with E-state index >= 15 is 0 Å². The van der Waals surface area contributed by atoms with Crippen LogP contribution in [0.25, 0.3) is 0 Å². The summed E-state index contributed by atoms with van der Waals surface area (Å²) >= 11 is 0. The van der Waals surface area contributed by atoms with E-state index in [2.05, 4.69) is 5.32 Å². The number of benzene rings is 1. The molecule has 1 aromatic rings. The van der Waals surface area contributed by atoms with Crippen molar-refractivity contribution in [2.45, 2.75) is 27.2 Å². The standard InChI is InChI=1S/C14H20FN3O3/c1-14(2,3)7-9(8-16)13(19)17-12-10(15)5-4-6-11(12)18(20)21/h4-6,9H,7-8,16H2,1-3H3,(H,17,19). The fraction of sp³-hybridized carbons (Fsp3) is 0.500. The summed E-state index contributed by atoms with van der Waals surface area (Å²) in [6.07, 6.45) is 0.498. The Balaban J connectivity index is 3.00. The van der Waals surface area contributed by atoms with Crippen molar-refractivity contribution >= 4 is 17.3 Å². The zero-order valence-electron chi connectivity index (χ0n) is 12.4. The highest BCUT2D eigenvalue weighted by atomic mass is 19.1. The highest BCUT2D eigenvalue weighted by Crippen LogP contribution is 2.29. The lowest BCUT2D eigenvalue weighted by molar-refractivity contribution is -0.384. The van der Waals surface area contributed by atoms with Crippen molar-refractivity contribution in [1.82, 2.24) is 0 Å². The van der Waals surface area contributed by atoms with Gasteiger partial charge in [-0.15, -0.1) is 0 Å². The third-order valence-corrected chi connectivity index (χ3v) is 2.95. The molecule has 1 rings (SSSR count). The second-order valence-corrected chi connectivity index (χ2v) is 6.08. The number of nitro groups is 1. The normalized spacial score (nSPS) is 12.8. The molecule has 0 aliphatic heterocycles. The number of halogens is 1. The molecule has 0 aliphatic rings. The third-order valence-electron chi connectivity index (χ3n) is 2.95. The maximum atomic E-state index is 13.7. The summed E-state index contributed by atoms with van der Waals surface area (Å²) in [5.41, 5.74) is 4.55. The maximum absolute atomic E-state index is 13.7. The lowest BCUT2D eigenvalue weighted by Crippen LogP contribution is -2.32. The quantitative estimate of drug-likeness (QED) is 0.644. The molecular weight excluding hydrogens is 277 g/mol. The molecule has 0 saturated carbocycles. The molecule has 1 amide bonds. The Morgan fingerprint density at radius 2 is 2.10 bits per heavy atom. The molecule has 21 heavy (non-hydrogen) atoms. The van der Waals surface area contributed by atoms with Gasteiger partial charge in [0.1, 0.15) is 0 Å². The van der Waals surface area contributed by atoms with Crippen LogP contribution in [0.2, 0.25) is 0 Å². The Hall–Kier alpha value is -2.02. The first-order chi connectivity index (χ1) is 9.65. The van der Waals surface area contributed by atoms with Crippen LogP contribution in [0.1, 0.15) is 27.2 Å². The zero-order valence-corrected chi connectivity index (χ0v) is 12.4. The molecule has 116 valence electrons. The molecule has 0 radical (unpaired) electrons. The molecule has 0 spiro atoms. The summed E-state index contributed by atoms with van der Waals surface area (Å²) in [4.78, 5) is 22.3. The molecule has 0 aromatic heterocycles. The number of carbonyl (C=O) groups is 1. The molecule has 0 bridgehead atoms. The lowest BCUT2D eigenvalue weighted by atomic mass is 9.84. The lowest BCUT2D eigenvalue weighted by Gasteiger charge is -2.24. The topological polar surface area (TPSA) is 98.3 Å². The van der Waals surface area contributed by atoms with Gasteiger partial charge in [0.25, 0.3) is 5.69 Å². The Labute approximate surface area is 122 Å². The molecule has 6 nitrogen and oxygen atoms in total. The van der Waals surface area contributed by atoms with Crippen LogP contribution in [0.5, 0.6) is 0 Å². The molecule has 7 heteroatoms. The summed E-state index contributed by atoms with van der Waals surface area (Å²) in [6.45, 7) is 5.95. The highest BCUT2D eigenvalue weighted by molar-refractivity contribution is 5.95. The Kier molecular flexibility index (Phi) is 5.37. The minimum absolute atomic E-state index is 0.0886. The number of anilines is 1. The number of hydrogen-bond acceptors (Lipinski definition) is 4. The van der Waals surface area contributed by atoms with Crippen molar-refractivity contribution in [3.05, 3.63) is 34.1 Å². The number of nitro benzene ring substituents is 1. The van der Waals surface area contributed by atoms with E-state index in [0.29, 0.717) is 6.42 Å². The predicted octanol–water partition coefficient (Wildman–Crippen LogP) is 2.68. The monoisotopic (exact) mass is 297 g/mol. The number of rotatable bonds is 5. The second-order valence-electron chi connectivity index (χ2n) is 6.08. The first-order valence-corrected chi connectivity index (χ1v) is 6.59. The number of hydrogen-bond donors (Lipinski definition) is 2. The summed E-state index contributed by atoms with van der Waals surface area (Å²) in [6, 6.07) is 3.42. The Morgan fingerprint density at radius 1 is 1.48 bits per heavy atom. The van der Waals surface area contributed by atoms with Crippen molar-refractivity contribution in [2.24, 2.45) is 17.1 Å². The number of nitrogens with two attached hydrogens (primary N) is 1. The van der Waals surface area contributed by atoms with Gasteiger partial charge in [0.2, 0.25) is 5.91 Å². The number of nitrogens with zero attached hydrogens (tertiary/aromatic N) is 1. The zero-order chi connectivity index (χ0) is 16.2. The number of carbonyl (C=O) groups excluding carboxylic acids is 1. The molecule has 3 N–H and O–H groups in total. The fourth-order valence-corrected chi connectivity index (χ4v) is 2.04. The van der Waals surface area contributed by atoms with Gasteiger partial charge in [-0.3, -0.25) is 14.9 Å². The van der Waals surface area contributed by atoms with Crippen LogP contribution < -0.4 is 11.1 Å². The maximum Gasteiger partial charge on any atom is 0.295 e. The van der Waals surface area contributed by atoms with Gasteiger partial charge in [0, 0.05) is 12.6 Å². The van der Waals surface area contributed by atoms with Crippen molar-refractivity contribution in [3.63, 3.8) is 0 Å². The van der Waals surface area contributed by atoms with Crippen LogP contribution in [0.15, 0.2) is 18.2 Å². The number of amides is 1. The van der Waals surface area contributed by atoms with E-state index in [4.69, 9.17) is 5.73 Å². The van der Waals surface area contributed by atoms with Crippen LogP contribution in [0.4, 0.5) is 15.8 Å². The highest BCUT2D eigenvalue weighted by Gasteiger charge is 2.27. The van der Waals surface area contributed by atoms with Gasteiger partial charge in [-0.2, -0.15) is 0 Å². The predicted molar refractivity (Wildman–Crippen MR) is 78.3 cm³/mol. The van der Waals surface area contributed by atoms with E-state index in [1.54, 1.807) is 0 Å². The summed E-state index contributed by atoms with van der Waals surface area (Å²) < 4.78 is 13.7. The Morgan fingerprint density at radius 3 is 2.57 bits per heavy atom. The molecule has 0 fully saturated rings. The van der Waals surface area contributed by atoms with E-state index < -0.39 is 33.9 Å². The molecule has 0 heterocycles.